The number of carbonyl (C=O) groups is 2. The first-order valence-electron chi connectivity index (χ1n) is 7.22. The van der Waals surface area contributed by atoms with E-state index in [0.717, 1.165) is 5.52 Å². The first-order valence-corrected chi connectivity index (χ1v) is 8.58. The van der Waals surface area contributed by atoms with Crippen LogP contribution in [0.25, 0.3) is 11.2 Å². The van der Waals surface area contributed by atoms with Crippen LogP contribution in [0.2, 0.25) is 5.02 Å². The first-order chi connectivity index (χ1) is 11.0. The van der Waals surface area contributed by atoms with Gasteiger partial charge in [-0.1, -0.05) is 23.4 Å². The molecule has 0 unspecified atom stereocenters. The number of hydrogen-bond donors (Lipinski definition) is 2. The molecule has 0 atom stereocenters. The molecule has 0 aliphatic rings. The Labute approximate surface area is 143 Å². The second-order valence-electron chi connectivity index (χ2n) is 4.72. The summed E-state index contributed by atoms with van der Waals surface area (Å²) in [6, 6.07) is 1.73. The van der Waals surface area contributed by atoms with Crippen LogP contribution in [0.3, 0.4) is 0 Å². The van der Waals surface area contributed by atoms with Gasteiger partial charge in [0.15, 0.2) is 10.8 Å². The van der Waals surface area contributed by atoms with Gasteiger partial charge in [0.25, 0.3) is 0 Å². The van der Waals surface area contributed by atoms with Crippen molar-refractivity contribution in [2.24, 2.45) is 0 Å². The molecule has 2 aromatic rings. The van der Waals surface area contributed by atoms with Crippen molar-refractivity contribution in [1.29, 1.82) is 0 Å². The van der Waals surface area contributed by atoms with Crippen LogP contribution in [-0.4, -0.2) is 57.1 Å². The maximum absolute atomic E-state index is 12.2. The molecule has 0 bridgehead atoms. The molecule has 124 valence electrons. The Balaban J connectivity index is 1.94. The molecule has 7 nitrogen and oxygen atoms in total. The van der Waals surface area contributed by atoms with E-state index in [1.54, 1.807) is 6.07 Å². The van der Waals surface area contributed by atoms with E-state index in [-0.39, 0.29) is 24.1 Å². The fourth-order valence-electron chi connectivity index (χ4n) is 1.94. The van der Waals surface area contributed by atoms with E-state index in [9.17, 15) is 9.59 Å². The predicted molar refractivity (Wildman–Crippen MR) is 90.6 cm³/mol. The zero-order valence-corrected chi connectivity index (χ0v) is 14.5. The third-order valence-corrected chi connectivity index (χ3v) is 4.12. The Morgan fingerprint density at radius 3 is 2.91 bits per heavy atom. The van der Waals surface area contributed by atoms with Gasteiger partial charge < -0.3 is 15.2 Å². The summed E-state index contributed by atoms with van der Waals surface area (Å²) in [6.45, 7) is 4.78. The minimum atomic E-state index is -0.157. The van der Waals surface area contributed by atoms with Gasteiger partial charge >= 0.3 is 0 Å². The van der Waals surface area contributed by atoms with Gasteiger partial charge in [0, 0.05) is 19.3 Å². The number of hydrogen-bond acceptors (Lipinski definition) is 5. The van der Waals surface area contributed by atoms with Gasteiger partial charge in [-0.2, -0.15) is 0 Å². The van der Waals surface area contributed by atoms with Crippen molar-refractivity contribution >= 4 is 46.3 Å². The monoisotopic (exact) mass is 355 g/mol. The second-order valence-corrected chi connectivity index (χ2v) is 6.12. The average molecular weight is 356 g/mol. The molecule has 23 heavy (non-hydrogen) atoms. The van der Waals surface area contributed by atoms with E-state index < -0.39 is 0 Å². The van der Waals surface area contributed by atoms with Gasteiger partial charge in [-0.05, 0) is 19.9 Å². The van der Waals surface area contributed by atoms with Crippen LogP contribution >= 0.6 is 23.4 Å². The highest BCUT2D eigenvalue weighted by Gasteiger charge is 2.16. The highest BCUT2D eigenvalue weighted by molar-refractivity contribution is 7.99. The van der Waals surface area contributed by atoms with Crippen molar-refractivity contribution in [3.05, 3.63) is 17.3 Å². The standard InChI is InChI=1S/C14H18ClN5O2S/c1-3-16-11(21)7-20(4-2)12(22)8-23-14-18-10-5-9(15)6-17-13(10)19-14/h5-6H,3-4,7-8H2,1-2H3,(H,16,21)(H,17,18,19). The predicted octanol–water partition coefficient (Wildman–Crippen LogP) is 1.69. The molecule has 0 aliphatic carbocycles. The summed E-state index contributed by atoms with van der Waals surface area (Å²) in [5.74, 6) is -0.0775. The number of nitrogens with zero attached hydrogens (tertiary/aromatic N) is 3. The molecule has 2 rings (SSSR count). The molecular formula is C14H18ClN5O2S. The molecule has 2 amide bonds. The van der Waals surface area contributed by atoms with Gasteiger partial charge in [-0.15, -0.1) is 0 Å². The Bertz CT molecular complexity index is 706. The van der Waals surface area contributed by atoms with Crippen LogP contribution in [0.5, 0.6) is 0 Å². The maximum atomic E-state index is 12.2. The number of thioether (sulfide) groups is 1. The highest BCUT2D eigenvalue weighted by atomic mass is 35.5. The molecule has 9 heteroatoms. The molecule has 2 heterocycles. The summed E-state index contributed by atoms with van der Waals surface area (Å²) in [5, 5.41) is 3.80. The molecule has 0 aliphatic heterocycles. The SMILES string of the molecule is CCNC(=O)CN(CC)C(=O)CSc1nc2ncc(Cl)cc2[nH]1. The maximum Gasteiger partial charge on any atom is 0.239 e. The van der Waals surface area contributed by atoms with Crippen LogP contribution in [0.15, 0.2) is 17.4 Å². The summed E-state index contributed by atoms with van der Waals surface area (Å²) in [7, 11) is 0. The summed E-state index contributed by atoms with van der Waals surface area (Å²) in [6.07, 6.45) is 1.52. The lowest BCUT2D eigenvalue weighted by Gasteiger charge is -2.19. The number of H-pyrrole nitrogens is 1. The second kappa shape index (κ2) is 8.16. The van der Waals surface area contributed by atoms with Crippen molar-refractivity contribution in [3.8, 4) is 0 Å². The van der Waals surface area contributed by atoms with Crippen LogP contribution < -0.4 is 5.32 Å². The van der Waals surface area contributed by atoms with E-state index in [0.29, 0.717) is 28.9 Å². The largest absolute Gasteiger partial charge is 0.355 e. The van der Waals surface area contributed by atoms with E-state index in [1.807, 2.05) is 13.8 Å². The number of likely N-dealkylation sites (N-methyl/N-ethyl adjacent to an activating group) is 2. The van der Waals surface area contributed by atoms with Gasteiger partial charge in [0.1, 0.15) is 0 Å². The Kier molecular flexibility index (Phi) is 6.23. The number of nitrogens with one attached hydrogen (secondary N) is 2. The molecule has 0 saturated heterocycles. The first kappa shape index (κ1) is 17.6. The van der Waals surface area contributed by atoms with Crippen LogP contribution in [0.4, 0.5) is 0 Å². The summed E-state index contributed by atoms with van der Waals surface area (Å²) >= 11 is 7.15. The fourth-order valence-corrected chi connectivity index (χ4v) is 2.88. The minimum Gasteiger partial charge on any atom is -0.355 e. The molecular weight excluding hydrogens is 338 g/mol. The van der Waals surface area contributed by atoms with Gasteiger partial charge in [0.05, 0.1) is 22.8 Å². The van der Waals surface area contributed by atoms with E-state index in [4.69, 9.17) is 11.6 Å². The van der Waals surface area contributed by atoms with Crippen molar-refractivity contribution < 1.29 is 9.59 Å². The van der Waals surface area contributed by atoms with Crippen LogP contribution in [0.1, 0.15) is 13.8 Å². The smallest absolute Gasteiger partial charge is 0.239 e. The number of aromatic nitrogens is 3. The molecule has 2 N–H and O–H groups in total. The molecule has 0 aromatic carbocycles. The summed E-state index contributed by atoms with van der Waals surface area (Å²) in [5.41, 5.74) is 1.28. The number of amides is 2. The molecule has 0 saturated carbocycles. The Morgan fingerprint density at radius 1 is 1.43 bits per heavy atom. The lowest BCUT2D eigenvalue weighted by atomic mass is 10.4. The number of rotatable bonds is 7. The average Bonchev–Trinajstić information content (AvgIpc) is 2.92. The zero-order valence-electron chi connectivity index (χ0n) is 12.9. The fraction of sp³-hybridized carbons (Fsp3) is 0.429. The Hall–Kier alpha value is -1.80. The minimum absolute atomic E-state index is 0.0705. The summed E-state index contributed by atoms with van der Waals surface area (Å²) < 4.78 is 0. The normalized spacial score (nSPS) is 10.7. The van der Waals surface area contributed by atoms with Crippen LogP contribution in [-0.2, 0) is 9.59 Å². The van der Waals surface area contributed by atoms with E-state index in [2.05, 4.69) is 20.3 Å². The van der Waals surface area contributed by atoms with Crippen molar-refractivity contribution in [3.63, 3.8) is 0 Å². The lowest BCUT2D eigenvalue weighted by Crippen LogP contribution is -2.41. The molecule has 0 fully saturated rings. The summed E-state index contributed by atoms with van der Waals surface area (Å²) in [4.78, 5) is 36.8. The molecule has 0 spiro atoms. The highest BCUT2D eigenvalue weighted by Crippen LogP contribution is 2.20. The Morgan fingerprint density at radius 2 is 2.22 bits per heavy atom. The number of halogens is 1. The lowest BCUT2D eigenvalue weighted by molar-refractivity contribution is -0.133. The van der Waals surface area contributed by atoms with E-state index >= 15 is 0 Å². The number of imidazole rings is 1. The third kappa shape index (κ3) is 4.84. The van der Waals surface area contributed by atoms with Gasteiger partial charge in [-0.3, -0.25) is 9.59 Å². The van der Waals surface area contributed by atoms with Gasteiger partial charge in [0.2, 0.25) is 11.8 Å². The molecule has 2 aromatic heterocycles. The van der Waals surface area contributed by atoms with Crippen molar-refractivity contribution in [2.45, 2.75) is 19.0 Å². The zero-order chi connectivity index (χ0) is 16.8. The number of pyridine rings is 1. The van der Waals surface area contributed by atoms with Crippen LogP contribution in [0, 0.1) is 0 Å². The topological polar surface area (TPSA) is 91.0 Å². The van der Waals surface area contributed by atoms with Crippen molar-refractivity contribution in [2.75, 3.05) is 25.4 Å². The quantitative estimate of drug-likeness (QED) is 0.737. The number of aromatic amines is 1. The van der Waals surface area contributed by atoms with Crippen molar-refractivity contribution in [1.82, 2.24) is 25.2 Å². The number of carbonyl (C=O) groups excluding carboxylic acids is 2. The van der Waals surface area contributed by atoms with E-state index in [1.165, 1.54) is 22.9 Å². The van der Waals surface area contributed by atoms with Gasteiger partial charge in [-0.25, -0.2) is 9.97 Å². The number of fused-ring (bicyclic) bond motifs is 1. The third-order valence-electron chi connectivity index (χ3n) is 3.06. The molecule has 0 radical (unpaired) electrons.